The van der Waals surface area contributed by atoms with E-state index in [1.54, 1.807) is 36.6 Å². The predicted molar refractivity (Wildman–Crippen MR) is 133 cm³/mol. The average Bonchev–Trinajstić information content (AvgIpc) is 3.52. The monoisotopic (exact) mass is 515 g/mol. The van der Waals surface area contributed by atoms with Crippen molar-refractivity contribution in [2.45, 2.75) is 30.7 Å². The van der Waals surface area contributed by atoms with E-state index in [1.807, 2.05) is 12.1 Å². The van der Waals surface area contributed by atoms with Gasteiger partial charge in [-0.3, -0.25) is 9.69 Å². The van der Waals surface area contributed by atoms with Crippen LogP contribution in [0.25, 0.3) is 10.2 Å². The number of hydrogen-bond acceptors (Lipinski definition) is 6. The van der Waals surface area contributed by atoms with Crippen LogP contribution in [0.2, 0.25) is 5.02 Å². The molecule has 1 aliphatic rings. The van der Waals surface area contributed by atoms with Crippen LogP contribution in [-0.2, 0) is 16.6 Å². The van der Waals surface area contributed by atoms with Crippen LogP contribution in [0.4, 0.5) is 5.13 Å². The lowest BCUT2D eigenvalue weighted by atomic mass is 10.2. The number of benzene rings is 2. The number of hydrogen-bond donors (Lipinski definition) is 0. The number of carbonyl (C=O) groups is 1. The van der Waals surface area contributed by atoms with Gasteiger partial charge in [-0.05, 0) is 67.4 Å². The number of anilines is 1. The molecule has 1 amide bonds. The average molecular weight is 516 g/mol. The van der Waals surface area contributed by atoms with Gasteiger partial charge in [0.15, 0.2) is 5.13 Å². The highest BCUT2D eigenvalue weighted by Gasteiger charge is 2.27. The van der Waals surface area contributed by atoms with Crippen LogP contribution in [0.5, 0.6) is 0 Å². The summed E-state index contributed by atoms with van der Waals surface area (Å²) in [6.45, 7) is 1.25. The number of nitrogens with zero attached hydrogens (tertiary/aromatic N) is 3. The summed E-state index contributed by atoms with van der Waals surface area (Å²) in [5.74, 6) is 0.304. The smallest absolute Gasteiger partial charge is 0.260 e. The molecule has 1 saturated heterocycles. The molecule has 3 heterocycles. The van der Waals surface area contributed by atoms with Crippen molar-refractivity contribution < 1.29 is 17.6 Å². The molecule has 176 valence electrons. The fourth-order valence-corrected chi connectivity index (χ4v) is 6.72. The van der Waals surface area contributed by atoms with Crippen LogP contribution in [0.3, 0.4) is 0 Å². The molecule has 0 aliphatic carbocycles. The zero-order valence-corrected chi connectivity index (χ0v) is 20.6. The van der Waals surface area contributed by atoms with Gasteiger partial charge >= 0.3 is 0 Å². The van der Waals surface area contributed by atoms with E-state index in [1.165, 1.54) is 32.7 Å². The van der Waals surface area contributed by atoms with Crippen LogP contribution in [0, 0.1) is 0 Å². The number of amides is 1. The van der Waals surface area contributed by atoms with Gasteiger partial charge in [-0.15, -0.1) is 0 Å². The van der Waals surface area contributed by atoms with E-state index in [4.69, 9.17) is 16.0 Å². The summed E-state index contributed by atoms with van der Waals surface area (Å²) in [7, 11) is -3.57. The SMILES string of the molecule is O=C(c1ccc(S(=O)(=O)N2CCCCC2)cc1)N(Cc1ccco1)c1nc2ccc(Cl)cc2s1. The molecule has 0 radical (unpaired) electrons. The quantitative estimate of drug-likeness (QED) is 0.335. The summed E-state index contributed by atoms with van der Waals surface area (Å²) in [5, 5.41) is 1.10. The topological polar surface area (TPSA) is 83.7 Å². The number of halogens is 1. The van der Waals surface area contributed by atoms with Crippen LogP contribution < -0.4 is 4.90 Å². The van der Waals surface area contributed by atoms with Gasteiger partial charge < -0.3 is 4.42 Å². The van der Waals surface area contributed by atoms with Gasteiger partial charge in [-0.1, -0.05) is 29.4 Å². The van der Waals surface area contributed by atoms with Crippen LogP contribution >= 0.6 is 22.9 Å². The second-order valence-electron chi connectivity index (χ2n) is 8.07. The minimum Gasteiger partial charge on any atom is -0.467 e. The highest BCUT2D eigenvalue weighted by atomic mass is 35.5. The predicted octanol–water partition coefficient (Wildman–Crippen LogP) is 5.56. The molecule has 0 saturated carbocycles. The van der Waals surface area contributed by atoms with E-state index in [2.05, 4.69) is 4.98 Å². The number of sulfonamides is 1. The summed E-state index contributed by atoms with van der Waals surface area (Å²) >= 11 is 7.48. The Morgan fingerprint density at radius 1 is 1.09 bits per heavy atom. The Balaban J connectivity index is 1.46. The molecule has 34 heavy (non-hydrogen) atoms. The van der Waals surface area contributed by atoms with E-state index in [0.29, 0.717) is 34.6 Å². The standard InChI is InChI=1S/C24H22ClN3O4S2/c25-18-8-11-21-22(15-18)33-24(26-21)28(16-19-5-4-14-32-19)23(29)17-6-9-20(10-7-17)34(30,31)27-12-2-1-3-13-27/h4-11,14-15H,1-3,12-13,16H2. The van der Waals surface area contributed by atoms with Gasteiger partial charge in [0.05, 0.1) is 27.9 Å². The van der Waals surface area contributed by atoms with Crippen molar-refractivity contribution in [2.75, 3.05) is 18.0 Å². The molecule has 10 heteroatoms. The van der Waals surface area contributed by atoms with E-state index >= 15 is 0 Å². The lowest BCUT2D eigenvalue weighted by Crippen LogP contribution is -2.35. The number of carbonyl (C=O) groups excluding carboxylic acids is 1. The molecule has 0 N–H and O–H groups in total. The minimum atomic E-state index is -3.57. The molecule has 0 spiro atoms. The van der Waals surface area contributed by atoms with Crippen molar-refractivity contribution in [3.05, 3.63) is 77.2 Å². The van der Waals surface area contributed by atoms with Crippen molar-refractivity contribution in [3.63, 3.8) is 0 Å². The van der Waals surface area contributed by atoms with Crippen molar-refractivity contribution in [2.24, 2.45) is 0 Å². The van der Waals surface area contributed by atoms with Crippen molar-refractivity contribution in [1.29, 1.82) is 0 Å². The van der Waals surface area contributed by atoms with E-state index < -0.39 is 10.0 Å². The number of piperidine rings is 1. The molecule has 4 aromatic rings. The molecule has 0 bridgehead atoms. The zero-order chi connectivity index (χ0) is 23.7. The van der Waals surface area contributed by atoms with Gasteiger partial charge in [0.25, 0.3) is 5.91 Å². The molecule has 5 rings (SSSR count). The molecular weight excluding hydrogens is 494 g/mol. The highest BCUT2D eigenvalue weighted by molar-refractivity contribution is 7.89. The Morgan fingerprint density at radius 2 is 1.85 bits per heavy atom. The van der Waals surface area contributed by atoms with Gasteiger partial charge in [0.1, 0.15) is 5.76 Å². The summed E-state index contributed by atoms with van der Waals surface area (Å²) in [6, 6.07) is 15.0. The maximum absolute atomic E-state index is 13.5. The van der Waals surface area contributed by atoms with Crippen LogP contribution in [0.15, 0.2) is 70.2 Å². The van der Waals surface area contributed by atoms with Crippen molar-refractivity contribution in [3.8, 4) is 0 Å². The third kappa shape index (κ3) is 4.61. The molecular formula is C24H22ClN3O4S2. The minimum absolute atomic E-state index is 0.188. The van der Waals surface area contributed by atoms with Crippen molar-refractivity contribution >= 4 is 54.2 Å². The van der Waals surface area contributed by atoms with E-state index in [0.717, 1.165) is 29.5 Å². The normalized spacial score (nSPS) is 15.0. The number of rotatable bonds is 6. The summed E-state index contributed by atoms with van der Waals surface area (Å²) < 4.78 is 33.8. The molecule has 2 aromatic heterocycles. The van der Waals surface area contributed by atoms with Gasteiger partial charge in [0, 0.05) is 23.7 Å². The summed E-state index contributed by atoms with van der Waals surface area (Å²) in [5.41, 5.74) is 1.10. The lowest BCUT2D eigenvalue weighted by molar-refractivity contribution is 0.0983. The fraction of sp³-hybridized carbons (Fsp3) is 0.250. The Kier molecular flexibility index (Phi) is 6.44. The third-order valence-corrected chi connectivity index (χ3v) is 8.95. The van der Waals surface area contributed by atoms with Gasteiger partial charge in [0.2, 0.25) is 10.0 Å². The van der Waals surface area contributed by atoms with E-state index in [9.17, 15) is 13.2 Å². The lowest BCUT2D eigenvalue weighted by Gasteiger charge is -2.26. The van der Waals surface area contributed by atoms with Crippen LogP contribution in [-0.4, -0.2) is 36.7 Å². The molecule has 1 fully saturated rings. The summed E-state index contributed by atoms with van der Waals surface area (Å²) in [6.07, 6.45) is 4.33. The van der Waals surface area contributed by atoms with E-state index in [-0.39, 0.29) is 17.3 Å². The fourth-order valence-electron chi connectivity index (χ4n) is 3.97. The largest absolute Gasteiger partial charge is 0.467 e. The molecule has 1 aliphatic heterocycles. The molecule has 0 unspecified atom stereocenters. The second-order valence-corrected chi connectivity index (χ2v) is 11.5. The second kappa shape index (κ2) is 9.50. The summed E-state index contributed by atoms with van der Waals surface area (Å²) in [4.78, 5) is 19.9. The molecule has 7 nitrogen and oxygen atoms in total. The first-order valence-electron chi connectivity index (χ1n) is 10.9. The number of thiazole rings is 1. The maximum atomic E-state index is 13.5. The Morgan fingerprint density at radius 3 is 2.56 bits per heavy atom. The number of furan rings is 1. The maximum Gasteiger partial charge on any atom is 0.260 e. The van der Waals surface area contributed by atoms with Crippen LogP contribution in [0.1, 0.15) is 35.4 Å². The Bertz CT molecular complexity index is 1410. The highest BCUT2D eigenvalue weighted by Crippen LogP contribution is 2.32. The number of aromatic nitrogens is 1. The van der Waals surface area contributed by atoms with Crippen molar-refractivity contribution in [1.82, 2.24) is 9.29 Å². The first-order chi connectivity index (χ1) is 16.4. The molecule has 2 aromatic carbocycles. The van der Waals surface area contributed by atoms with Gasteiger partial charge in [-0.2, -0.15) is 4.31 Å². The Hall–Kier alpha value is -2.72. The first-order valence-corrected chi connectivity index (χ1v) is 13.6. The number of fused-ring (bicyclic) bond motifs is 1. The zero-order valence-electron chi connectivity index (χ0n) is 18.2. The van der Waals surface area contributed by atoms with Gasteiger partial charge in [-0.25, -0.2) is 13.4 Å². The first kappa shape index (κ1) is 23.0. The molecule has 0 atom stereocenters. The Labute approximate surface area is 206 Å². The third-order valence-electron chi connectivity index (χ3n) is 5.76.